The zero-order chi connectivity index (χ0) is 21.3. The van der Waals surface area contributed by atoms with E-state index in [9.17, 15) is 10.2 Å². The highest BCUT2D eigenvalue weighted by Gasteiger charge is 2.21. The standard InChI is InChI=1S/C19H26N8O3/c1-27-18-16(25-26-27)17(21-9-13-14(28)7-12(30-2)8-15(13)29)23-19(24-18)22-11-5-3-10(20)4-6-11/h7-8,10-11,28-29H,3-6,9,20H2,1-2H3,(H2,21,22,23,24). The molecule has 160 valence electrons. The van der Waals surface area contributed by atoms with Gasteiger partial charge in [0.2, 0.25) is 5.95 Å². The Balaban J connectivity index is 1.59. The van der Waals surface area contributed by atoms with E-state index in [1.165, 1.54) is 19.2 Å². The molecule has 1 saturated carbocycles. The zero-order valence-electron chi connectivity index (χ0n) is 17.0. The van der Waals surface area contributed by atoms with E-state index in [1.54, 1.807) is 11.7 Å². The first kappa shape index (κ1) is 20.0. The van der Waals surface area contributed by atoms with E-state index in [-0.39, 0.29) is 30.1 Å². The molecule has 4 rings (SSSR count). The molecule has 0 bridgehead atoms. The zero-order valence-corrected chi connectivity index (χ0v) is 17.0. The Kier molecular flexibility index (Phi) is 5.44. The summed E-state index contributed by atoms with van der Waals surface area (Å²) in [6, 6.07) is 3.39. The van der Waals surface area contributed by atoms with Crippen LogP contribution in [0.3, 0.4) is 0 Å². The smallest absolute Gasteiger partial charge is 0.227 e. The predicted octanol–water partition coefficient (Wildman–Crippen LogP) is 1.47. The van der Waals surface area contributed by atoms with Crippen LogP contribution in [0.4, 0.5) is 11.8 Å². The van der Waals surface area contributed by atoms with Gasteiger partial charge in [0.05, 0.1) is 12.7 Å². The van der Waals surface area contributed by atoms with Gasteiger partial charge in [-0.15, -0.1) is 5.10 Å². The molecule has 1 aliphatic carbocycles. The minimum absolute atomic E-state index is 0.0827. The van der Waals surface area contributed by atoms with Crippen molar-refractivity contribution in [1.82, 2.24) is 25.0 Å². The molecule has 0 spiro atoms. The van der Waals surface area contributed by atoms with Gasteiger partial charge < -0.3 is 31.3 Å². The van der Waals surface area contributed by atoms with Gasteiger partial charge >= 0.3 is 0 Å². The lowest BCUT2D eigenvalue weighted by Gasteiger charge is -2.26. The van der Waals surface area contributed by atoms with E-state index in [0.29, 0.717) is 34.2 Å². The number of phenols is 2. The van der Waals surface area contributed by atoms with Crippen molar-refractivity contribution in [1.29, 1.82) is 0 Å². The summed E-state index contributed by atoms with van der Waals surface area (Å²) in [5.41, 5.74) is 7.39. The van der Waals surface area contributed by atoms with Gasteiger partial charge in [0.25, 0.3) is 0 Å². The van der Waals surface area contributed by atoms with E-state index in [0.717, 1.165) is 25.7 Å². The molecular weight excluding hydrogens is 388 g/mol. The highest BCUT2D eigenvalue weighted by molar-refractivity contribution is 5.83. The number of rotatable bonds is 6. The van der Waals surface area contributed by atoms with Crippen molar-refractivity contribution in [3.8, 4) is 17.2 Å². The van der Waals surface area contributed by atoms with Crippen LogP contribution in [0.15, 0.2) is 12.1 Å². The number of aromatic hydroxyl groups is 2. The summed E-state index contributed by atoms with van der Waals surface area (Å²) in [6.07, 6.45) is 3.85. The van der Waals surface area contributed by atoms with Crippen LogP contribution in [0.25, 0.3) is 11.2 Å². The fraction of sp³-hybridized carbons (Fsp3) is 0.474. The SMILES string of the molecule is COc1cc(O)c(CNc2nc(NC3CCC(N)CC3)nc3c2nnn3C)c(O)c1. The molecule has 3 aromatic rings. The molecule has 1 aromatic carbocycles. The molecule has 1 aliphatic rings. The number of aryl methyl sites for hydroxylation is 1. The number of benzene rings is 1. The Hall–Kier alpha value is -3.34. The fourth-order valence-corrected chi connectivity index (χ4v) is 3.64. The monoisotopic (exact) mass is 414 g/mol. The Morgan fingerprint density at radius 2 is 1.87 bits per heavy atom. The molecule has 2 heterocycles. The average Bonchev–Trinajstić information content (AvgIpc) is 3.10. The van der Waals surface area contributed by atoms with Crippen molar-refractivity contribution in [2.45, 2.75) is 44.3 Å². The van der Waals surface area contributed by atoms with Gasteiger partial charge in [-0.2, -0.15) is 9.97 Å². The largest absolute Gasteiger partial charge is 0.507 e. The highest BCUT2D eigenvalue weighted by Crippen LogP contribution is 2.33. The van der Waals surface area contributed by atoms with Crippen LogP contribution in [-0.4, -0.2) is 54.4 Å². The summed E-state index contributed by atoms with van der Waals surface area (Å²) in [5.74, 6) is 1.13. The van der Waals surface area contributed by atoms with Crippen LogP contribution in [0.5, 0.6) is 17.2 Å². The number of fused-ring (bicyclic) bond motifs is 1. The van der Waals surface area contributed by atoms with E-state index < -0.39 is 0 Å². The van der Waals surface area contributed by atoms with Crippen molar-refractivity contribution in [3.05, 3.63) is 17.7 Å². The topological polar surface area (TPSA) is 156 Å². The van der Waals surface area contributed by atoms with Crippen LogP contribution in [-0.2, 0) is 13.6 Å². The minimum atomic E-state index is -0.0827. The number of nitrogens with one attached hydrogen (secondary N) is 2. The molecule has 0 saturated heterocycles. The van der Waals surface area contributed by atoms with E-state index in [2.05, 4.69) is 30.9 Å². The molecule has 0 amide bonds. The van der Waals surface area contributed by atoms with Crippen molar-refractivity contribution >= 4 is 22.9 Å². The van der Waals surface area contributed by atoms with Gasteiger partial charge in [-0.1, -0.05) is 5.21 Å². The number of hydrogen-bond donors (Lipinski definition) is 5. The second kappa shape index (κ2) is 8.19. The molecule has 2 aromatic heterocycles. The van der Waals surface area contributed by atoms with Crippen LogP contribution in [0.1, 0.15) is 31.2 Å². The number of nitrogens with zero attached hydrogens (tertiary/aromatic N) is 5. The first-order valence-electron chi connectivity index (χ1n) is 9.87. The van der Waals surface area contributed by atoms with Crippen LogP contribution in [0.2, 0.25) is 0 Å². The summed E-state index contributed by atoms with van der Waals surface area (Å²) in [7, 11) is 3.23. The fourth-order valence-electron chi connectivity index (χ4n) is 3.64. The van der Waals surface area contributed by atoms with Gasteiger partial charge in [-0.05, 0) is 25.7 Å². The number of methoxy groups -OCH3 is 1. The maximum atomic E-state index is 10.2. The molecule has 0 radical (unpaired) electrons. The lowest BCUT2D eigenvalue weighted by Crippen LogP contribution is -2.33. The summed E-state index contributed by atoms with van der Waals surface area (Å²) in [6.45, 7) is 0.127. The van der Waals surface area contributed by atoms with Gasteiger partial charge in [-0.25, -0.2) is 4.68 Å². The predicted molar refractivity (Wildman–Crippen MR) is 112 cm³/mol. The quantitative estimate of drug-likeness (QED) is 0.400. The van der Waals surface area contributed by atoms with Crippen LogP contribution in [0, 0.1) is 0 Å². The van der Waals surface area contributed by atoms with Crippen molar-refractivity contribution in [2.24, 2.45) is 12.8 Å². The van der Waals surface area contributed by atoms with Crippen molar-refractivity contribution < 1.29 is 14.9 Å². The Morgan fingerprint density at radius 1 is 1.17 bits per heavy atom. The van der Waals surface area contributed by atoms with E-state index in [4.69, 9.17) is 10.5 Å². The third-order valence-electron chi connectivity index (χ3n) is 5.40. The highest BCUT2D eigenvalue weighted by atomic mass is 16.5. The molecule has 1 fully saturated rings. The Morgan fingerprint density at radius 3 is 2.53 bits per heavy atom. The summed E-state index contributed by atoms with van der Waals surface area (Å²) < 4.78 is 6.63. The maximum Gasteiger partial charge on any atom is 0.227 e. The second-order valence-corrected chi connectivity index (χ2v) is 7.53. The molecule has 11 heteroatoms. The molecule has 0 unspecified atom stereocenters. The third kappa shape index (κ3) is 4.01. The van der Waals surface area contributed by atoms with E-state index >= 15 is 0 Å². The number of anilines is 2. The van der Waals surface area contributed by atoms with Gasteiger partial charge in [0, 0.05) is 37.8 Å². The first-order chi connectivity index (χ1) is 14.4. The number of ether oxygens (including phenoxy) is 1. The van der Waals surface area contributed by atoms with Crippen molar-refractivity contribution in [3.63, 3.8) is 0 Å². The maximum absolute atomic E-state index is 10.2. The summed E-state index contributed by atoms with van der Waals surface area (Å²) in [5, 5.41) is 35.1. The Bertz CT molecular complexity index is 1020. The molecule has 30 heavy (non-hydrogen) atoms. The molecular formula is C19H26N8O3. The van der Waals surface area contributed by atoms with Crippen molar-refractivity contribution in [2.75, 3.05) is 17.7 Å². The summed E-state index contributed by atoms with van der Waals surface area (Å²) >= 11 is 0. The van der Waals surface area contributed by atoms with E-state index in [1.807, 2.05) is 0 Å². The number of hydrogen-bond acceptors (Lipinski definition) is 10. The van der Waals surface area contributed by atoms with Crippen LogP contribution >= 0.6 is 0 Å². The lowest BCUT2D eigenvalue weighted by atomic mass is 9.92. The number of phenolic OH excluding ortho intramolecular Hbond substituents is 2. The first-order valence-corrected chi connectivity index (χ1v) is 9.87. The molecule has 0 aliphatic heterocycles. The average molecular weight is 414 g/mol. The van der Waals surface area contributed by atoms with Gasteiger partial charge in [0.1, 0.15) is 17.2 Å². The number of aromatic nitrogens is 5. The lowest BCUT2D eigenvalue weighted by molar-refractivity contribution is 0.394. The molecule has 6 N–H and O–H groups in total. The normalized spacial score (nSPS) is 19.0. The third-order valence-corrected chi connectivity index (χ3v) is 5.40. The molecule has 0 atom stereocenters. The molecule has 11 nitrogen and oxygen atoms in total. The second-order valence-electron chi connectivity index (χ2n) is 7.53. The van der Waals surface area contributed by atoms with Crippen LogP contribution < -0.4 is 21.1 Å². The Labute approximate surface area is 173 Å². The van der Waals surface area contributed by atoms with Gasteiger partial charge in [-0.3, -0.25) is 0 Å². The summed E-state index contributed by atoms with van der Waals surface area (Å²) in [4.78, 5) is 9.12. The number of nitrogens with two attached hydrogens (primary N) is 1. The van der Waals surface area contributed by atoms with Gasteiger partial charge in [0.15, 0.2) is 17.0 Å². The minimum Gasteiger partial charge on any atom is -0.507 e.